The molecule has 8 rings (SSSR count). The Morgan fingerprint density at radius 2 is 1.81 bits per heavy atom. The van der Waals surface area contributed by atoms with Gasteiger partial charge in [-0.1, -0.05) is 38.1 Å². The number of thiophene rings is 2. The summed E-state index contributed by atoms with van der Waals surface area (Å²) in [4.78, 5) is 18.2. The molecule has 1 aliphatic carbocycles. The predicted molar refractivity (Wildman–Crippen MR) is 154 cm³/mol. The fraction of sp³-hybridized carbons (Fsp3) is 0.200. The third kappa shape index (κ3) is 2.80. The summed E-state index contributed by atoms with van der Waals surface area (Å²) in [7, 11) is 0. The number of H-pyrrole nitrogens is 2. The summed E-state index contributed by atoms with van der Waals surface area (Å²) in [5.74, 6) is 2.46. The van der Waals surface area contributed by atoms with Gasteiger partial charge in [0.25, 0.3) is 0 Å². The molecular formula is C30H24N4S2. The van der Waals surface area contributed by atoms with E-state index in [0.29, 0.717) is 5.92 Å². The van der Waals surface area contributed by atoms with Gasteiger partial charge in [0.15, 0.2) is 0 Å². The number of aryl methyl sites for hydroxylation is 3. The predicted octanol–water partition coefficient (Wildman–Crippen LogP) is 8.73. The normalized spacial score (nSPS) is 13.4. The van der Waals surface area contributed by atoms with Crippen molar-refractivity contribution in [2.75, 3.05) is 0 Å². The Morgan fingerprint density at radius 3 is 2.69 bits per heavy atom. The van der Waals surface area contributed by atoms with E-state index in [9.17, 15) is 0 Å². The molecule has 0 saturated carbocycles. The highest BCUT2D eigenvalue weighted by atomic mass is 32.1. The number of aromatic nitrogens is 4. The zero-order chi connectivity index (χ0) is 24.1. The molecule has 0 fully saturated rings. The number of nitrogens with one attached hydrogen (secondary N) is 2. The maximum absolute atomic E-state index is 4.99. The van der Waals surface area contributed by atoms with E-state index in [-0.39, 0.29) is 0 Å². The fourth-order valence-corrected chi connectivity index (χ4v) is 7.98. The second kappa shape index (κ2) is 7.28. The highest BCUT2D eigenvalue weighted by molar-refractivity contribution is 7.22. The lowest BCUT2D eigenvalue weighted by Gasteiger charge is -2.15. The van der Waals surface area contributed by atoms with Crippen molar-refractivity contribution in [3.05, 3.63) is 70.8 Å². The third-order valence-electron chi connectivity index (χ3n) is 7.57. The van der Waals surface area contributed by atoms with Gasteiger partial charge >= 0.3 is 0 Å². The zero-order valence-corrected chi connectivity index (χ0v) is 22.0. The van der Waals surface area contributed by atoms with Crippen LogP contribution >= 0.6 is 22.7 Å². The number of rotatable bonds is 2. The maximum atomic E-state index is 4.99. The van der Waals surface area contributed by atoms with Crippen LogP contribution in [-0.2, 0) is 12.8 Å². The number of nitrogens with zero attached hydrogens (tertiary/aromatic N) is 2. The molecule has 176 valence electrons. The molecule has 0 amide bonds. The van der Waals surface area contributed by atoms with Crippen molar-refractivity contribution in [3.63, 3.8) is 0 Å². The van der Waals surface area contributed by atoms with E-state index in [1.807, 2.05) is 18.3 Å². The number of imidazole rings is 2. The number of benzene rings is 3. The number of fused-ring (bicyclic) bond motifs is 11. The van der Waals surface area contributed by atoms with Crippen LogP contribution < -0.4 is 0 Å². The lowest BCUT2D eigenvalue weighted by molar-refractivity contribution is 0.787. The summed E-state index contributed by atoms with van der Waals surface area (Å²) in [5.41, 5.74) is 8.70. The Hall–Kier alpha value is -3.48. The van der Waals surface area contributed by atoms with Crippen LogP contribution in [-0.4, -0.2) is 19.9 Å². The van der Waals surface area contributed by atoms with Crippen molar-refractivity contribution in [2.24, 2.45) is 0 Å². The second-order valence-corrected chi connectivity index (χ2v) is 12.2. The maximum Gasteiger partial charge on any atom is 0.109 e. The van der Waals surface area contributed by atoms with E-state index in [0.717, 1.165) is 41.2 Å². The number of aromatic amines is 2. The molecule has 6 heteroatoms. The van der Waals surface area contributed by atoms with Gasteiger partial charge in [-0.25, -0.2) is 9.97 Å². The van der Waals surface area contributed by atoms with Gasteiger partial charge in [-0.05, 0) is 59.9 Å². The van der Waals surface area contributed by atoms with Gasteiger partial charge in [0.2, 0.25) is 0 Å². The molecule has 2 N–H and O–H groups in total. The van der Waals surface area contributed by atoms with Crippen molar-refractivity contribution >= 4 is 64.7 Å². The first kappa shape index (κ1) is 20.7. The monoisotopic (exact) mass is 504 g/mol. The summed E-state index contributed by atoms with van der Waals surface area (Å²) in [5, 5.41) is 7.30. The topological polar surface area (TPSA) is 57.4 Å². The standard InChI is InChI=1S/C30H24N4S2/c1-14(2)30-33-23-9-8-20-18(25(23)34-30)7-5-17-13-24(36-28(17)20)16-4-6-19-22(12-16)29-21(10-11-35-29)27-26(19)31-15(3)32-27/h4-7,10-14H,8-9H2,1-3H3,(H,31,32)(H,33,34). The quantitative estimate of drug-likeness (QED) is 0.247. The van der Waals surface area contributed by atoms with Gasteiger partial charge in [-0.2, -0.15) is 0 Å². The zero-order valence-electron chi connectivity index (χ0n) is 20.3. The van der Waals surface area contributed by atoms with Crippen molar-refractivity contribution in [2.45, 2.75) is 39.5 Å². The Bertz CT molecular complexity index is 2000. The van der Waals surface area contributed by atoms with Crippen LogP contribution in [0.4, 0.5) is 0 Å². The Balaban J connectivity index is 1.32. The molecule has 1 aliphatic rings. The van der Waals surface area contributed by atoms with E-state index < -0.39 is 0 Å². The molecule has 4 aromatic heterocycles. The van der Waals surface area contributed by atoms with Crippen LogP contribution in [0.3, 0.4) is 0 Å². The van der Waals surface area contributed by atoms with Gasteiger partial charge in [-0.3, -0.25) is 0 Å². The van der Waals surface area contributed by atoms with Crippen molar-refractivity contribution in [3.8, 4) is 21.7 Å². The van der Waals surface area contributed by atoms with Gasteiger partial charge in [0.05, 0.1) is 16.7 Å². The van der Waals surface area contributed by atoms with Gasteiger partial charge in [-0.15, -0.1) is 22.7 Å². The van der Waals surface area contributed by atoms with E-state index in [4.69, 9.17) is 9.97 Å². The van der Waals surface area contributed by atoms with E-state index >= 15 is 0 Å². The number of hydrogen-bond donors (Lipinski definition) is 2. The summed E-state index contributed by atoms with van der Waals surface area (Å²) in [6, 6.07) is 16.1. The third-order valence-corrected chi connectivity index (χ3v) is 9.78. The highest BCUT2D eigenvalue weighted by Gasteiger charge is 2.24. The Kier molecular flexibility index (Phi) is 4.18. The molecular weight excluding hydrogens is 480 g/mol. The summed E-state index contributed by atoms with van der Waals surface area (Å²) in [6.45, 7) is 6.43. The van der Waals surface area contributed by atoms with Crippen LogP contribution in [0.25, 0.3) is 63.7 Å². The second-order valence-electron chi connectivity index (χ2n) is 10.2. The lowest BCUT2D eigenvalue weighted by Crippen LogP contribution is -2.03. The van der Waals surface area contributed by atoms with E-state index in [1.54, 1.807) is 11.3 Å². The fourth-order valence-electron chi connectivity index (χ4n) is 5.82. The van der Waals surface area contributed by atoms with Gasteiger partial charge in [0.1, 0.15) is 11.6 Å². The molecule has 4 nitrogen and oxygen atoms in total. The molecule has 0 aliphatic heterocycles. The molecule has 0 atom stereocenters. The van der Waals surface area contributed by atoms with Crippen LogP contribution in [0.15, 0.2) is 47.8 Å². The molecule has 3 aromatic carbocycles. The van der Waals surface area contributed by atoms with E-state index in [1.165, 1.54) is 58.2 Å². The van der Waals surface area contributed by atoms with Crippen LogP contribution in [0.5, 0.6) is 0 Å². The highest BCUT2D eigenvalue weighted by Crippen LogP contribution is 2.44. The minimum absolute atomic E-state index is 0.408. The minimum Gasteiger partial charge on any atom is -0.345 e. The van der Waals surface area contributed by atoms with E-state index in [2.05, 4.69) is 71.7 Å². The summed E-state index contributed by atoms with van der Waals surface area (Å²) < 4.78 is 2.72. The lowest BCUT2D eigenvalue weighted by atomic mass is 9.91. The molecule has 7 aromatic rings. The molecule has 36 heavy (non-hydrogen) atoms. The molecule has 0 bridgehead atoms. The van der Waals surface area contributed by atoms with Gasteiger partial charge in [0, 0.05) is 47.6 Å². The Morgan fingerprint density at radius 1 is 0.889 bits per heavy atom. The number of hydrogen-bond acceptors (Lipinski definition) is 4. The van der Waals surface area contributed by atoms with Crippen molar-refractivity contribution in [1.29, 1.82) is 0 Å². The first-order chi connectivity index (χ1) is 17.5. The average Bonchev–Trinajstić information content (AvgIpc) is 3.66. The smallest absolute Gasteiger partial charge is 0.109 e. The average molecular weight is 505 g/mol. The summed E-state index contributed by atoms with van der Waals surface area (Å²) >= 11 is 3.73. The first-order valence-electron chi connectivity index (χ1n) is 12.5. The van der Waals surface area contributed by atoms with Crippen molar-refractivity contribution < 1.29 is 0 Å². The van der Waals surface area contributed by atoms with Crippen LogP contribution in [0, 0.1) is 6.92 Å². The molecule has 0 spiro atoms. The van der Waals surface area contributed by atoms with Crippen LogP contribution in [0.1, 0.15) is 42.7 Å². The summed E-state index contributed by atoms with van der Waals surface area (Å²) in [6.07, 6.45) is 2.09. The minimum atomic E-state index is 0.408. The molecule has 0 radical (unpaired) electrons. The van der Waals surface area contributed by atoms with Gasteiger partial charge < -0.3 is 9.97 Å². The van der Waals surface area contributed by atoms with Crippen LogP contribution in [0.2, 0.25) is 0 Å². The Labute approximate surface area is 216 Å². The first-order valence-corrected chi connectivity index (χ1v) is 14.2. The van der Waals surface area contributed by atoms with Crippen molar-refractivity contribution in [1.82, 2.24) is 19.9 Å². The SMILES string of the molecule is Cc1nc2c3ccsc3c3cc(-c4cc5ccc6c(c5s4)CCc4[nH]c(C(C)C)nc4-6)ccc3c2[nH]1. The molecule has 0 saturated heterocycles. The largest absolute Gasteiger partial charge is 0.345 e. The molecule has 0 unspecified atom stereocenters. The molecule has 4 heterocycles.